The predicted octanol–water partition coefficient (Wildman–Crippen LogP) is 4.96. The molecule has 0 fully saturated rings. The Bertz CT molecular complexity index is 1240. The van der Waals surface area contributed by atoms with Crippen LogP contribution in [0.1, 0.15) is 17.5 Å². The van der Waals surface area contributed by atoms with E-state index < -0.39 is 6.04 Å². The van der Waals surface area contributed by atoms with Gasteiger partial charge in [-0.25, -0.2) is 4.98 Å². The van der Waals surface area contributed by atoms with E-state index in [9.17, 15) is 9.59 Å². The van der Waals surface area contributed by atoms with Gasteiger partial charge in [0.15, 0.2) is 0 Å². The molecule has 3 aromatic carbocycles. The number of nitrogens with one attached hydrogen (secondary N) is 2. The van der Waals surface area contributed by atoms with Gasteiger partial charge in [0.05, 0.1) is 17.1 Å². The molecule has 1 aromatic heterocycles. The quantitative estimate of drug-likeness (QED) is 0.455. The van der Waals surface area contributed by atoms with Gasteiger partial charge in [-0.3, -0.25) is 9.59 Å². The van der Waals surface area contributed by atoms with Crippen molar-refractivity contribution in [3.8, 4) is 11.3 Å². The van der Waals surface area contributed by atoms with E-state index in [1.54, 1.807) is 18.3 Å². The lowest BCUT2D eigenvalue weighted by atomic mass is 10.0. The van der Waals surface area contributed by atoms with Gasteiger partial charge in [0.25, 0.3) is 0 Å². The van der Waals surface area contributed by atoms with Crippen LogP contribution in [0.5, 0.6) is 0 Å². The van der Waals surface area contributed by atoms with Crippen LogP contribution in [0.2, 0.25) is 0 Å². The van der Waals surface area contributed by atoms with Crippen LogP contribution in [0, 0.1) is 6.92 Å². The van der Waals surface area contributed by atoms with Crippen LogP contribution in [-0.2, 0) is 16.0 Å². The molecule has 0 bridgehead atoms. The molecular weight excluding hydrogens is 406 g/mol. The summed E-state index contributed by atoms with van der Waals surface area (Å²) in [5.41, 5.74) is 3.43. The summed E-state index contributed by atoms with van der Waals surface area (Å²) in [5, 5.41) is 10.8. The highest BCUT2D eigenvalue weighted by molar-refractivity contribution is 7.09. The summed E-state index contributed by atoms with van der Waals surface area (Å²) in [5.74, 6) is -0.455. The highest BCUT2D eigenvalue weighted by atomic mass is 32.1. The summed E-state index contributed by atoms with van der Waals surface area (Å²) in [6, 6.07) is 20.8. The van der Waals surface area contributed by atoms with Gasteiger partial charge in [0, 0.05) is 16.6 Å². The number of hydrogen-bond donors (Lipinski definition) is 2. The third-order valence-electron chi connectivity index (χ3n) is 5.05. The molecule has 4 rings (SSSR count). The highest BCUT2D eigenvalue weighted by Gasteiger charge is 2.17. The normalized spacial score (nSPS) is 11.8. The molecule has 0 spiro atoms. The van der Waals surface area contributed by atoms with Crippen LogP contribution in [-0.4, -0.2) is 22.8 Å². The molecule has 2 N–H and O–H groups in total. The van der Waals surface area contributed by atoms with Gasteiger partial charge in [0.1, 0.15) is 6.04 Å². The molecule has 4 aromatic rings. The summed E-state index contributed by atoms with van der Waals surface area (Å²) in [4.78, 5) is 29.7. The SMILES string of the molecule is Cc1nc(-c2cccc(NC(=O)[C@@H](C)NC(=O)Cc3cccc4ccccc34)c2)cs1. The molecule has 156 valence electrons. The molecular formula is C25H23N3O2S. The number of carbonyl (C=O) groups is 2. The maximum Gasteiger partial charge on any atom is 0.246 e. The molecule has 2 amide bonds. The Labute approximate surface area is 185 Å². The fourth-order valence-electron chi connectivity index (χ4n) is 3.48. The number of anilines is 1. The smallest absolute Gasteiger partial charge is 0.246 e. The Kier molecular flexibility index (Phi) is 6.09. The zero-order valence-electron chi connectivity index (χ0n) is 17.4. The van der Waals surface area contributed by atoms with Gasteiger partial charge in [-0.1, -0.05) is 54.6 Å². The molecule has 1 atom stereocenters. The molecule has 31 heavy (non-hydrogen) atoms. The fraction of sp³-hybridized carbons (Fsp3) is 0.160. The van der Waals surface area contributed by atoms with Crippen LogP contribution in [0.15, 0.2) is 72.1 Å². The van der Waals surface area contributed by atoms with Crippen LogP contribution in [0.3, 0.4) is 0 Å². The van der Waals surface area contributed by atoms with E-state index in [2.05, 4.69) is 15.6 Å². The molecule has 0 radical (unpaired) electrons. The highest BCUT2D eigenvalue weighted by Crippen LogP contribution is 2.24. The molecule has 0 aliphatic heterocycles. The second-order valence-electron chi connectivity index (χ2n) is 7.43. The summed E-state index contributed by atoms with van der Waals surface area (Å²) < 4.78 is 0. The number of rotatable bonds is 6. The topological polar surface area (TPSA) is 71.1 Å². The van der Waals surface area contributed by atoms with Gasteiger partial charge < -0.3 is 10.6 Å². The molecule has 0 aliphatic carbocycles. The van der Waals surface area contributed by atoms with Gasteiger partial charge in [0.2, 0.25) is 11.8 Å². The van der Waals surface area contributed by atoms with Crippen molar-refractivity contribution in [1.82, 2.24) is 10.3 Å². The van der Waals surface area contributed by atoms with Crippen LogP contribution < -0.4 is 10.6 Å². The Morgan fingerprint density at radius 2 is 1.81 bits per heavy atom. The number of carbonyl (C=O) groups excluding carboxylic acids is 2. The van der Waals surface area contributed by atoms with Crippen molar-refractivity contribution in [2.24, 2.45) is 0 Å². The van der Waals surface area contributed by atoms with Crippen molar-refractivity contribution in [2.75, 3.05) is 5.32 Å². The van der Waals surface area contributed by atoms with Crippen LogP contribution >= 0.6 is 11.3 Å². The van der Waals surface area contributed by atoms with Crippen LogP contribution in [0.25, 0.3) is 22.0 Å². The number of thiazole rings is 1. The first-order chi connectivity index (χ1) is 15.0. The largest absolute Gasteiger partial charge is 0.344 e. The van der Waals surface area contributed by atoms with Crippen molar-refractivity contribution in [3.05, 3.63) is 82.7 Å². The predicted molar refractivity (Wildman–Crippen MR) is 126 cm³/mol. The minimum absolute atomic E-state index is 0.189. The number of aromatic nitrogens is 1. The zero-order valence-corrected chi connectivity index (χ0v) is 18.2. The van der Waals surface area contributed by atoms with E-state index in [4.69, 9.17) is 0 Å². The first-order valence-corrected chi connectivity index (χ1v) is 11.0. The number of amides is 2. The van der Waals surface area contributed by atoms with E-state index in [-0.39, 0.29) is 18.2 Å². The number of nitrogens with zero attached hydrogens (tertiary/aromatic N) is 1. The standard InChI is InChI=1S/C25H23N3O2S/c1-16(26-24(29)14-19-9-5-8-18-7-3-4-12-22(18)19)25(30)28-21-11-6-10-20(13-21)23-15-31-17(2)27-23/h3-13,15-16H,14H2,1-2H3,(H,26,29)(H,28,30)/t16-/m1/s1. The molecule has 5 nitrogen and oxygen atoms in total. The molecule has 0 saturated heterocycles. The maximum atomic E-state index is 12.6. The monoisotopic (exact) mass is 429 g/mol. The Morgan fingerprint density at radius 1 is 1.03 bits per heavy atom. The minimum atomic E-state index is -0.660. The second kappa shape index (κ2) is 9.10. The van der Waals surface area contributed by atoms with Crippen molar-refractivity contribution < 1.29 is 9.59 Å². The van der Waals surface area contributed by atoms with E-state index in [0.717, 1.165) is 32.6 Å². The summed E-state index contributed by atoms with van der Waals surface area (Å²) >= 11 is 1.59. The Balaban J connectivity index is 1.39. The molecule has 1 heterocycles. The van der Waals surface area contributed by atoms with Crippen molar-refractivity contribution in [3.63, 3.8) is 0 Å². The number of hydrogen-bond acceptors (Lipinski definition) is 4. The number of aryl methyl sites for hydroxylation is 1. The first kappa shape index (κ1) is 20.8. The van der Waals surface area contributed by atoms with Gasteiger partial charge in [-0.05, 0) is 42.3 Å². The van der Waals surface area contributed by atoms with E-state index in [1.807, 2.05) is 79.0 Å². The van der Waals surface area contributed by atoms with E-state index in [1.165, 1.54) is 0 Å². The van der Waals surface area contributed by atoms with Crippen molar-refractivity contribution in [1.29, 1.82) is 0 Å². The molecule has 6 heteroatoms. The molecule has 0 saturated carbocycles. The average molecular weight is 430 g/mol. The first-order valence-electron chi connectivity index (χ1n) is 10.1. The molecule has 0 unspecified atom stereocenters. The summed E-state index contributed by atoms with van der Waals surface area (Å²) in [6.07, 6.45) is 0.220. The minimum Gasteiger partial charge on any atom is -0.344 e. The fourth-order valence-corrected chi connectivity index (χ4v) is 4.10. The van der Waals surface area contributed by atoms with Crippen molar-refractivity contribution in [2.45, 2.75) is 26.3 Å². The van der Waals surface area contributed by atoms with Crippen molar-refractivity contribution >= 4 is 39.6 Å². The Hall–Kier alpha value is -3.51. The third-order valence-corrected chi connectivity index (χ3v) is 5.82. The second-order valence-corrected chi connectivity index (χ2v) is 8.49. The van der Waals surface area contributed by atoms with E-state index >= 15 is 0 Å². The lowest BCUT2D eigenvalue weighted by Gasteiger charge is -2.15. The average Bonchev–Trinajstić information content (AvgIpc) is 3.20. The maximum absolute atomic E-state index is 12.6. The summed E-state index contributed by atoms with van der Waals surface area (Å²) in [6.45, 7) is 3.65. The zero-order chi connectivity index (χ0) is 21.8. The van der Waals surface area contributed by atoms with E-state index in [0.29, 0.717) is 5.69 Å². The lowest BCUT2D eigenvalue weighted by molar-refractivity contribution is -0.125. The molecule has 0 aliphatic rings. The number of fused-ring (bicyclic) bond motifs is 1. The summed E-state index contributed by atoms with van der Waals surface area (Å²) in [7, 11) is 0. The van der Waals surface area contributed by atoms with Gasteiger partial charge >= 0.3 is 0 Å². The van der Waals surface area contributed by atoms with Gasteiger partial charge in [-0.2, -0.15) is 0 Å². The van der Waals surface area contributed by atoms with Gasteiger partial charge in [-0.15, -0.1) is 11.3 Å². The van der Waals surface area contributed by atoms with Crippen LogP contribution in [0.4, 0.5) is 5.69 Å². The third kappa shape index (κ3) is 4.98. The lowest BCUT2D eigenvalue weighted by Crippen LogP contribution is -2.42. The Morgan fingerprint density at radius 3 is 2.61 bits per heavy atom. The number of benzene rings is 3.